The van der Waals surface area contributed by atoms with Crippen molar-refractivity contribution in [2.45, 2.75) is 37.8 Å². The van der Waals surface area contributed by atoms with Crippen LogP contribution in [0.1, 0.15) is 31.2 Å². The van der Waals surface area contributed by atoms with Crippen LogP contribution in [0.3, 0.4) is 0 Å². The van der Waals surface area contributed by atoms with Gasteiger partial charge in [-0.3, -0.25) is 0 Å². The number of terminal acetylenes is 1. The SMILES string of the molecule is C#Cc1c(Cl)ccc2cc(O)cc(-c3c(Cl)cc4c(N5CC6CCC(C5)N6)nc(OCC5(CN6C[C@H]7COC[C@@H]7C6)CC5)nc4c3F)c12. The first kappa shape index (κ1) is 30.7. The standard InChI is InChI=1S/C37H36Cl2FN5O3/c1-2-26-29(38)6-3-20-9-25(46)10-27(31(20)26)32-30(39)11-28-34(33(32)40)42-36(43-35(28)45-14-23-4-5-24(15-45)41-23)48-19-37(7-8-37)18-44-12-21-16-47-17-22(21)13-44/h1,3,6,9-11,21-24,41,46H,4-5,7-8,12-19H2/t21-,22-,23?,24?/m0/s1. The highest BCUT2D eigenvalue weighted by Gasteiger charge is 2.48. The fraction of sp³-hybridized carbons (Fsp3) is 0.459. The van der Waals surface area contributed by atoms with Gasteiger partial charge in [-0.15, -0.1) is 6.42 Å². The normalized spacial score (nSPS) is 25.9. The van der Waals surface area contributed by atoms with E-state index in [4.69, 9.17) is 49.1 Å². The number of aromatic hydroxyl groups is 1. The van der Waals surface area contributed by atoms with Gasteiger partial charge in [-0.1, -0.05) is 35.2 Å². The Bertz CT molecular complexity index is 1990. The molecule has 4 aliphatic heterocycles. The second-order valence-corrected chi connectivity index (χ2v) is 15.3. The quantitative estimate of drug-likeness (QED) is 0.221. The number of halogens is 3. The number of aromatic nitrogens is 2. The van der Waals surface area contributed by atoms with Crippen molar-refractivity contribution in [3.8, 4) is 35.2 Å². The summed E-state index contributed by atoms with van der Waals surface area (Å²) in [6, 6.07) is 9.01. The topological polar surface area (TPSA) is 83.0 Å². The summed E-state index contributed by atoms with van der Waals surface area (Å²) < 4.78 is 29.2. The van der Waals surface area contributed by atoms with Gasteiger partial charge in [-0.2, -0.15) is 9.97 Å². The molecule has 8 nitrogen and oxygen atoms in total. The summed E-state index contributed by atoms with van der Waals surface area (Å²) in [5.74, 6) is 3.83. The first-order valence-corrected chi connectivity index (χ1v) is 17.6. The van der Waals surface area contributed by atoms with E-state index < -0.39 is 5.82 Å². The molecule has 5 aliphatic rings. The van der Waals surface area contributed by atoms with Gasteiger partial charge in [-0.05, 0) is 60.9 Å². The lowest BCUT2D eigenvalue weighted by Crippen LogP contribution is -2.51. The summed E-state index contributed by atoms with van der Waals surface area (Å²) in [6.45, 7) is 6.79. The van der Waals surface area contributed by atoms with Crippen LogP contribution in [0.4, 0.5) is 10.2 Å². The van der Waals surface area contributed by atoms with Crippen LogP contribution in [-0.2, 0) is 4.74 Å². The van der Waals surface area contributed by atoms with Crippen LogP contribution >= 0.6 is 23.2 Å². The lowest BCUT2D eigenvalue weighted by atomic mass is 9.93. The van der Waals surface area contributed by atoms with Crippen LogP contribution in [0.5, 0.6) is 11.8 Å². The predicted molar refractivity (Wildman–Crippen MR) is 186 cm³/mol. The minimum atomic E-state index is -0.633. The Balaban J connectivity index is 1.13. The molecule has 48 heavy (non-hydrogen) atoms. The zero-order valence-corrected chi connectivity index (χ0v) is 28.0. The number of fused-ring (bicyclic) bond motifs is 5. The average Bonchev–Trinajstić information content (AvgIpc) is 3.31. The van der Waals surface area contributed by atoms with Gasteiger partial charge in [0.15, 0.2) is 5.82 Å². The van der Waals surface area contributed by atoms with E-state index >= 15 is 4.39 Å². The van der Waals surface area contributed by atoms with Crippen molar-refractivity contribution in [2.75, 3.05) is 57.4 Å². The first-order valence-electron chi connectivity index (χ1n) is 16.8. The van der Waals surface area contributed by atoms with Crippen LogP contribution in [-0.4, -0.2) is 84.6 Å². The molecular formula is C37H36Cl2FN5O3. The largest absolute Gasteiger partial charge is 0.508 e. The van der Waals surface area contributed by atoms with E-state index in [-0.39, 0.29) is 33.3 Å². The smallest absolute Gasteiger partial charge is 0.319 e. The van der Waals surface area contributed by atoms with Gasteiger partial charge in [0, 0.05) is 78.4 Å². The number of phenols is 1. The number of nitrogens with one attached hydrogen (secondary N) is 1. The van der Waals surface area contributed by atoms with Crippen LogP contribution in [0.15, 0.2) is 30.3 Å². The number of likely N-dealkylation sites (tertiary alicyclic amines) is 1. The summed E-state index contributed by atoms with van der Waals surface area (Å²) in [4.78, 5) is 14.4. The number of anilines is 1. The molecule has 4 atom stereocenters. The number of nitrogens with zero attached hydrogens (tertiary/aromatic N) is 4. The van der Waals surface area contributed by atoms with E-state index in [0.29, 0.717) is 68.7 Å². The van der Waals surface area contributed by atoms with E-state index in [2.05, 4.69) is 21.0 Å². The van der Waals surface area contributed by atoms with Gasteiger partial charge < -0.3 is 29.7 Å². The van der Waals surface area contributed by atoms with Gasteiger partial charge >= 0.3 is 6.01 Å². The number of ether oxygens (including phenoxy) is 2. The van der Waals surface area contributed by atoms with Crippen molar-refractivity contribution in [1.29, 1.82) is 0 Å². The maximum Gasteiger partial charge on any atom is 0.319 e. The Hall–Kier alpha value is -3.39. The fourth-order valence-electron chi connectivity index (χ4n) is 8.58. The molecule has 0 spiro atoms. The Kier molecular flexibility index (Phi) is 7.41. The highest BCUT2D eigenvalue weighted by molar-refractivity contribution is 6.36. The number of hydrogen-bond donors (Lipinski definition) is 2. The molecule has 9 rings (SSSR count). The summed E-state index contributed by atoms with van der Waals surface area (Å²) in [6.07, 6.45) is 10.2. The van der Waals surface area contributed by atoms with Gasteiger partial charge in [-0.25, -0.2) is 4.39 Å². The first-order chi connectivity index (χ1) is 23.3. The van der Waals surface area contributed by atoms with Crippen molar-refractivity contribution in [2.24, 2.45) is 17.3 Å². The van der Waals surface area contributed by atoms with Gasteiger partial charge in [0.05, 0.1) is 35.4 Å². The van der Waals surface area contributed by atoms with Crippen molar-refractivity contribution in [1.82, 2.24) is 20.2 Å². The van der Waals surface area contributed by atoms with Crippen LogP contribution in [0, 0.1) is 35.4 Å². The van der Waals surface area contributed by atoms with E-state index in [1.807, 2.05) is 0 Å². The molecule has 5 heterocycles. The Morgan fingerprint density at radius 3 is 2.50 bits per heavy atom. The maximum absolute atomic E-state index is 17.1. The highest BCUT2D eigenvalue weighted by atomic mass is 35.5. The lowest BCUT2D eigenvalue weighted by Gasteiger charge is -2.34. The minimum Gasteiger partial charge on any atom is -0.508 e. The molecule has 2 N–H and O–H groups in total. The average molecular weight is 689 g/mol. The van der Waals surface area contributed by atoms with E-state index in [1.165, 1.54) is 6.07 Å². The zero-order valence-electron chi connectivity index (χ0n) is 26.4. The third kappa shape index (κ3) is 5.24. The molecule has 248 valence electrons. The van der Waals surface area contributed by atoms with E-state index in [1.54, 1.807) is 24.3 Å². The van der Waals surface area contributed by atoms with Crippen molar-refractivity contribution >= 4 is 50.7 Å². The molecule has 1 aromatic heterocycles. The van der Waals surface area contributed by atoms with Crippen LogP contribution < -0.4 is 15.0 Å². The molecule has 3 aromatic carbocycles. The molecule has 1 saturated carbocycles. The lowest BCUT2D eigenvalue weighted by molar-refractivity contribution is 0.131. The monoisotopic (exact) mass is 687 g/mol. The minimum absolute atomic E-state index is 0.0429. The Morgan fingerprint density at radius 1 is 1.04 bits per heavy atom. The van der Waals surface area contributed by atoms with Gasteiger partial charge in [0.25, 0.3) is 0 Å². The molecule has 4 aromatic rings. The van der Waals surface area contributed by atoms with Gasteiger partial charge in [0.1, 0.15) is 17.1 Å². The molecule has 1 aliphatic carbocycles. The predicted octanol–water partition coefficient (Wildman–Crippen LogP) is 6.26. The summed E-state index contributed by atoms with van der Waals surface area (Å²) >= 11 is 13.5. The van der Waals surface area contributed by atoms with Crippen molar-refractivity contribution < 1.29 is 19.0 Å². The second kappa shape index (κ2) is 11.6. The number of benzene rings is 3. The van der Waals surface area contributed by atoms with E-state index in [9.17, 15) is 5.11 Å². The number of rotatable bonds is 7. The molecule has 2 unspecified atom stereocenters. The third-order valence-corrected chi connectivity index (χ3v) is 11.8. The van der Waals surface area contributed by atoms with Gasteiger partial charge in [0.2, 0.25) is 0 Å². The molecule has 11 heteroatoms. The van der Waals surface area contributed by atoms with E-state index in [0.717, 1.165) is 71.6 Å². The van der Waals surface area contributed by atoms with Crippen molar-refractivity contribution in [3.05, 3.63) is 51.8 Å². The highest BCUT2D eigenvalue weighted by Crippen LogP contribution is 2.48. The van der Waals surface area contributed by atoms with Crippen LogP contribution in [0.2, 0.25) is 10.0 Å². The van der Waals surface area contributed by atoms with Crippen LogP contribution in [0.25, 0.3) is 32.8 Å². The molecule has 4 saturated heterocycles. The molecule has 2 bridgehead atoms. The number of phenolic OH excluding ortho intramolecular Hbond substituents is 1. The third-order valence-electron chi connectivity index (χ3n) is 11.2. The fourth-order valence-corrected chi connectivity index (χ4v) is 9.08. The molecule has 0 amide bonds. The summed E-state index contributed by atoms with van der Waals surface area (Å²) in [5, 5.41) is 16.5. The second-order valence-electron chi connectivity index (χ2n) is 14.5. The summed E-state index contributed by atoms with van der Waals surface area (Å²) in [5.41, 5.74) is 0.972. The number of hydrogen-bond acceptors (Lipinski definition) is 8. The Morgan fingerprint density at radius 2 is 1.79 bits per heavy atom. The molecular weight excluding hydrogens is 652 g/mol. The Labute approximate surface area is 288 Å². The molecule has 0 radical (unpaired) electrons. The molecule has 5 fully saturated rings. The zero-order chi connectivity index (χ0) is 32.7. The summed E-state index contributed by atoms with van der Waals surface area (Å²) in [7, 11) is 0. The maximum atomic E-state index is 17.1. The van der Waals surface area contributed by atoms with Crippen molar-refractivity contribution in [3.63, 3.8) is 0 Å². The number of piperazine rings is 1.